The summed E-state index contributed by atoms with van der Waals surface area (Å²) in [6.45, 7) is 8.20. The van der Waals surface area contributed by atoms with E-state index < -0.39 is 18.2 Å². The van der Waals surface area contributed by atoms with Crippen molar-refractivity contribution in [2.45, 2.75) is 53.1 Å². The zero-order valence-corrected chi connectivity index (χ0v) is 9.77. The van der Waals surface area contributed by atoms with Crippen molar-refractivity contribution in [3.63, 3.8) is 0 Å². The Morgan fingerprint density at radius 1 is 0.938 bits per heavy atom. The molecule has 0 saturated heterocycles. The van der Waals surface area contributed by atoms with E-state index in [1.165, 1.54) is 0 Å². The molecular formula is C10H21AlO5. The molecule has 0 N–H and O–H groups in total. The first-order valence-electron chi connectivity index (χ1n) is 4.86. The highest BCUT2D eigenvalue weighted by Crippen LogP contribution is 2.06. The van der Waals surface area contributed by atoms with Crippen LogP contribution in [0.15, 0.2) is 0 Å². The Morgan fingerprint density at radius 3 is 1.56 bits per heavy atom. The lowest BCUT2D eigenvalue weighted by molar-refractivity contribution is -0.211. The first kappa shape index (κ1) is 18.0. The van der Waals surface area contributed by atoms with E-state index in [1.807, 2.05) is 0 Å². The van der Waals surface area contributed by atoms with Gasteiger partial charge in [0.25, 0.3) is 6.29 Å². The molecule has 0 aromatic carbocycles. The van der Waals surface area contributed by atoms with Crippen molar-refractivity contribution in [3.8, 4) is 0 Å². The first-order chi connectivity index (χ1) is 6.82. The molecule has 94 valence electrons. The molecule has 0 unspecified atom stereocenters. The van der Waals surface area contributed by atoms with Gasteiger partial charge < -0.3 is 14.2 Å². The minimum Gasteiger partial charge on any atom is -0.390 e. The highest BCUT2D eigenvalue weighted by Gasteiger charge is 2.25. The van der Waals surface area contributed by atoms with Gasteiger partial charge in [0.15, 0.2) is 17.4 Å². The monoisotopic (exact) mass is 248 g/mol. The van der Waals surface area contributed by atoms with Crippen LogP contribution in [0, 0.1) is 0 Å². The summed E-state index contributed by atoms with van der Waals surface area (Å²) in [5, 5.41) is 0. The van der Waals surface area contributed by atoms with Crippen LogP contribution in [0.2, 0.25) is 0 Å². The standard InChI is InChI=1S/C10H18O5.Al.3H/c1-6(2)13-10(14-7(3)4)9(12)15-8(5)11;;;;/h6-7,10H,1-5H3;;;;. The number of ether oxygens (including phenoxy) is 3. The minimum atomic E-state index is -1.14. The van der Waals surface area contributed by atoms with Gasteiger partial charge in [-0.15, -0.1) is 0 Å². The predicted molar refractivity (Wildman–Crippen MR) is 62.9 cm³/mol. The SMILES string of the molecule is CC(=O)OC(=O)C(OC(C)C)OC(C)C.[AlH3]. The summed E-state index contributed by atoms with van der Waals surface area (Å²) in [6, 6.07) is 0. The third-order valence-corrected chi connectivity index (χ3v) is 1.23. The average molecular weight is 248 g/mol. The Labute approximate surface area is 107 Å². The Bertz CT molecular complexity index is 217. The van der Waals surface area contributed by atoms with Gasteiger partial charge in [0.1, 0.15) is 0 Å². The maximum atomic E-state index is 11.3. The topological polar surface area (TPSA) is 61.8 Å². The van der Waals surface area contributed by atoms with Crippen LogP contribution >= 0.6 is 0 Å². The summed E-state index contributed by atoms with van der Waals surface area (Å²) in [5.41, 5.74) is 0. The molecule has 0 heterocycles. The second kappa shape index (κ2) is 8.71. The molecule has 0 spiro atoms. The van der Waals surface area contributed by atoms with Gasteiger partial charge in [-0.2, -0.15) is 0 Å². The number of hydrogen-bond donors (Lipinski definition) is 0. The summed E-state index contributed by atoms with van der Waals surface area (Å²) in [6.07, 6.45) is -1.52. The second-order valence-corrected chi connectivity index (χ2v) is 3.61. The number of esters is 2. The number of hydrogen-bond acceptors (Lipinski definition) is 5. The van der Waals surface area contributed by atoms with Crippen molar-refractivity contribution in [2.75, 3.05) is 0 Å². The molecule has 0 saturated carbocycles. The smallest absolute Gasteiger partial charge is 0.371 e. The minimum absolute atomic E-state index is 0. The molecule has 0 fully saturated rings. The van der Waals surface area contributed by atoms with Gasteiger partial charge in [0.05, 0.1) is 12.2 Å². The molecule has 0 atom stereocenters. The lowest BCUT2D eigenvalue weighted by Gasteiger charge is -2.20. The largest absolute Gasteiger partial charge is 0.390 e. The quantitative estimate of drug-likeness (QED) is 0.298. The highest BCUT2D eigenvalue weighted by atomic mass is 27.0. The van der Waals surface area contributed by atoms with E-state index in [2.05, 4.69) is 4.74 Å². The Kier molecular flexibility index (Phi) is 9.78. The zero-order valence-electron chi connectivity index (χ0n) is 9.77. The third kappa shape index (κ3) is 8.87. The van der Waals surface area contributed by atoms with E-state index in [1.54, 1.807) is 27.7 Å². The fourth-order valence-corrected chi connectivity index (χ4v) is 0.827. The van der Waals surface area contributed by atoms with Gasteiger partial charge in [-0.1, -0.05) is 0 Å². The van der Waals surface area contributed by atoms with Crippen LogP contribution in [-0.2, 0) is 23.8 Å². The van der Waals surface area contributed by atoms with Gasteiger partial charge in [0, 0.05) is 6.92 Å². The molecule has 0 rings (SSSR count). The third-order valence-electron chi connectivity index (χ3n) is 1.23. The van der Waals surface area contributed by atoms with Gasteiger partial charge in [-0.05, 0) is 27.7 Å². The molecule has 0 aliphatic rings. The predicted octanol–water partition coefficient (Wildman–Crippen LogP) is 0.0683. The van der Waals surface area contributed by atoms with E-state index >= 15 is 0 Å². The molecule has 0 radical (unpaired) electrons. The van der Waals surface area contributed by atoms with Gasteiger partial charge in [-0.3, -0.25) is 4.79 Å². The van der Waals surface area contributed by atoms with Crippen LogP contribution < -0.4 is 0 Å². The molecule has 0 aromatic rings. The van der Waals surface area contributed by atoms with Gasteiger partial charge in [0.2, 0.25) is 0 Å². The summed E-state index contributed by atoms with van der Waals surface area (Å²) in [5.74, 6) is -1.49. The van der Waals surface area contributed by atoms with E-state index in [-0.39, 0.29) is 29.6 Å². The van der Waals surface area contributed by atoms with Crippen molar-refractivity contribution >= 4 is 29.3 Å². The molecule has 0 aliphatic carbocycles. The van der Waals surface area contributed by atoms with Gasteiger partial charge in [-0.25, -0.2) is 4.79 Å². The van der Waals surface area contributed by atoms with Crippen molar-refractivity contribution in [1.29, 1.82) is 0 Å². The van der Waals surface area contributed by atoms with E-state index in [9.17, 15) is 9.59 Å². The molecule has 0 amide bonds. The Hall–Kier alpha value is -0.408. The molecule has 5 nitrogen and oxygen atoms in total. The van der Waals surface area contributed by atoms with Crippen LogP contribution in [0.25, 0.3) is 0 Å². The van der Waals surface area contributed by atoms with Crippen molar-refractivity contribution < 1.29 is 23.8 Å². The molecule has 0 aromatic heterocycles. The highest BCUT2D eigenvalue weighted by molar-refractivity contribution is 5.86. The molecule has 6 heteroatoms. The van der Waals surface area contributed by atoms with E-state index in [0.717, 1.165) is 6.92 Å². The van der Waals surface area contributed by atoms with Crippen LogP contribution in [0.3, 0.4) is 0 Å². The summed E-state index contributed by atoms with van der Waals surface area (Å²) in [4.78, 5) is 21.9. The zero-order chi connectivity index (χ0) is 12.0. The lowest BCUT2D eigenvalue weighted by Crippen LogP contribution is -2.34. The molecule has 16 heavy (non-hydrogen) atoms. The Morgan fingerprint density at radius 2 is 1.31 bits per heavy atom. The number of carbonyl (C=O) groups excluding carboxylic acids is 2. The first-order valence-corrected chi connectivity index (χ1v) is 4.86. The number of carbonyl (C=O) groups is 2. The lowest BCUT2D eigenvalue weighted by atomic mass is 10.4. The van der Waals surface area contributed by atoms with Crippen LogP contribution in [0.4, 0.5) is 0 Å². The van der Waals surface area contributed by atoms with Gasteiger partial charge >= 0.3 is 11.9 Å². The number of rotatable bonds is 5. The summed E-state index contributed by atoms with van der Waals surface area (Å²) >= 11 is 0. The Balaban J connectivity index is 0. The van der Waals surface area contributed by atoms with E-state index in [4.69, 9.17) is 9.47 Å². The molecule has 0 bridgehead atoms. The fraction of sp³-hybridized carbons (Fsp3) is 0.800. The van der Waals surface area contributed by atoms with Crippen molar-refractivity contribution in [3.05, 3.63) is 0 Å². The van der Waals surface area contributed by atoms with Crippen LogP contribution in [0.5, 0.6) is 0 Å². The fourth-order valence-electron chi connectivity index (χ4n) is 0.827. The van der Waals surface area contributed by atoms with Crippen molar-refractivity contribution in [2.24, 2.45) is 0 Å². The second-order valence-electron chi connectivity index (χ2n) is 3.61. The summed E-state index contributed by atoms with van der Waals surface area (Å²) in [7, 11) is 0. The molecule has 0 aliphatic heterocycles. The van der Waals surface area contributed by atoms with Crippen LogP contribution in [-0.4, -0.2) is 47.8 Å². The average Bonchev–Trinajstić information content (AvgIpc) is 1.99. The van der Waals surface area contributed by atoms with E-state index in [0.29, 0.717) is 0 Å². The van der Waals surface area contributed by atoms with Crippen LogP contribution in [0.1, 0.15) is 34.6 Å². The maximum Gasteiger partial charge on any atom is 0.371 e. The molecular weight excluding hydrogens is 227 g/mol. The van der Waals surface area contributed by atoms with Crippen molar-refractivity contribution in [1.82, 2.24) is 0 Å². The maximum absolute atomic E-state index is 11.3. The normalized spacial score (nSPS) is 10.5. The summed E-state index contributed by atoms with van der Waals surface area (Å²) < 4.78 is 14.7.